The number of thiophene rings is 1. The fraction of sp³-hybridized carbons (Fsp3) is 0.722. The highest BCUT2D eigenvalue weighted by Gasteiger charge is 2.21. The standard InChI is InChI=1S/C18H28N2OS/c21-18(11-15-3-1-2-4-15)19-12-16-5-8-20(9-6-16)13-17-7-10-22-14-17/h7,10,14-16H,1-6,8-9,11-13H2,(H,19,21). The van der Waals surface area contributed by atoms with E-state index in [1.54, 1.807) is 11.3 Å². The number of piperidine rings is 1. The molecule has 1 aliphatic heterocycles. The van der Waals surface area contributed by atoms with Gasteiger partial charge in [-0.1, -0.05) is 12.8 Å². The molecular weight excluding hydrogens is 292 g/mol. The third kappa shape index (κ3) is 4.82. The number of hydrogen-bond donors (Lipinski definition) is 1. The third-order valence-corrected chi connectivity index (χ3v) is 5.96. The molecule has 2 aliphatic rings. The smallest absolute Gasteiger partial charge is 0.220 e. The molecule has 4 heteroatoms. The van der Waals surface area contributed by atoms with Crippen molar-refractivity contribution in [1.82, 2.24) is 10.2 Å². The Balaban J connectivity index is 1.31. The van der Waals surface area contributed by atoms with Gasteiger partial charge in [-0.2, -0.15) is 11.3 Å². The van der Waals surface area contributed by atoms with Crippen LogP contribution in [0, 0.1) is 11.8 Å². The fourth-order valence-electron chi connectivity index (χ4n) is 3.80. The fourth-order valence-corrected chi connectivity index (χ4v) is 4.46. The maximum Gasteiger partial charge on any atom is 0.220 e. The summed E-state index contributed by atoms with van der Waals surface area (Å²) >= 11 is 1.78. The van der Waals surface area contributed by atoms with Gasteiger partial charge < -0.3 is 5.32 Å². The first-order chi connectivity index (χ1) is 10.8. The van der Waals surface area contributed by atoms with Crippen LogP contribution in [0.4, 0.5) is 0 Å². The monoisotopic (exact) mass is 320 g/mol. The van der Waals surface area contributed by atoms with Gasteiger partial charge in [0.15, 0.2) is 0 Å². The van der Waals surface area contributed by atoms with Crippen molar-refractivity contribution in [1.29, 1.82) is 0 Å². The van der Waals surface area contributed by atoms with Crippen LogP contribution in [0.5, 0.6) is 0 Å². The average molecular weight is 321 g/mol. The molecule has 0 unspecified atom stereocenters. The molecule has 122 valence electrons. The second-order valence-corrected chi connectivity index (χ2v) is 7.79. The van der Waals surface area contributed by atoms with Crippen LogP contribution in [0.1, 0.15) is 50.5 Å². The number of carbonyl (C=O) groups is 1. The predicted molar refractivity (Wildman–Crippen MR) is 91.9 cm³/mol. The summed E-state index contributed by atoms with van der Waals surface area (Å²) in [6.07, 6.45) is 8.35. The van der Waals surface area contributed by atoms with Gasteiger partial charge in [0.25, 0.3) is 0 Å². The Morgan fingerprint density at radius 3 is 2.64 bits per heavy atom. The molecule has 3 nitrogen and oxygen atoms in total. The molecule has 0 atom stereocenters. The lowest BCUT2D eigenvalue weighted by molar-refractivity contribution is -0.122. The topological polar surface area (TPSA) is 32.3 Å². The van der Waals surface area contributed by atoms with E-state index in [1.807, 2.05) is 0 Å². The van der Waals surface area contributed by atoms with Gasteiger partial charge in [0.05, 0.1) is 0 Å². The Bertz CT molecular complexity index is 446. The number of carbonyl (C=O) groups excluding carboxylic acids is 1. The van der Waals surface area contributed by atoms with E-state index < -0.39 is 0 Å². The normalized spacial score (nSPS) is 21.3. The summed E-state index contributed by atoms with van der Waals surface area (Å²) in [5.74, 6) is 1.62. The van der Waals surface area contributed by atoms with Gasteiger partial charge in [-0.15, -0.1) is 0 Å². The molecule has 0 spiro atoms. The van der Waals surface area contributed by atoms with Crippen LogP contribution >= 0.6 is 11.3 Å². The molecule has 0 bridgehead atoms. The van der Waals surface area contributed by atoms with Crippen molar-refractivity contribution in [2.24, 2.45) is 11.8 Å². The second kappa shape index (κ2) is 8.11. The van der Waals surface area contributed by atoms with Gasteiger partial charge in [0.1, 0.15) is 0 Å². The van der Waals surface area contributed by atoms with Gasteiger partial charge in [-0.25, -0.2) is 0 Å². The minimum Gasteiger partial charge on any atom is -0.356 e. The maximum atomic E-state index is 12.0. The summed E-state index contributed by atoms with van der Waals surface area (Å²) in [6.45, 7) is 4.31. The predicted octanol–water partition coefficient (Wildman–Crippen LogP) is 3.66. The number of nitrogens with zero attached hydrogens (tertiary/aromatic N) is 1. The van der Waals surface area contributed by atoms with E-state index >= 15 is 0 Å². The molecule has 2 heterocycles. The highest BCUT2D eigenvalue weighted by molar-refractivity contribution is 7.07. The number of nitrogens with one attached hydrogen (secondary N) is 1. The minimum absolute atomic E-state index is 0.285. The largest absolute Gasteiger partial charge is 0.356 e. The van der Waals surface area contributed by atoms with Crippen LogP contribution < -0.4 is 5.32 Å². The van der Waals surface area contributed by atoms with Crippen LogP contribution in [0.15, 0.2) is 16.8 Å². The first-order valence-electron chi connectivity index (χ1n) is 8.80. The molecule has 1 aliphatic carbocycles. The molecule has 2 fully saturated rings. The van der Waals surface area contributed by atoms with Crippen molar-refractivity contribution >= 4 is 17.2 Å². The van der Waals surface area contributed by atoms with E-state index in [9.17, 15) is 4.79 Å². The highest BCUT2D eigenvalue weighted by atomic mass is 32.1. The van der Waals surface area contributed by atoms with E-state index in [0.29, 0.717) is 11.8 Å². The number of likely N-dealkylation sites (tertiary alicyclic amines) is 1. The average Bonchev–Trinajstić information content (AvgIpc) is 3.20. The van der Waals surface area contributed by atoms with Crippen LogP contribution in [0.25, 0.3) is 0 Å². The molecule has 3 rings (SSSR count). The lowest BCUT2D eigenvalue weighted by atomic mass is 9.96. The Hall–Kier alpha value is -0.870. The molecule has 1 aromatic rings. The van der Waals surface area contributed by atoms with Crippen LogP contribution in [0.2, 0.25) is 0 Å². The van der Waals surface area contributed by atoms with Crippen molar-refractivity contribution < 1.29 is 4.79 Å². The van der Waals surface area contributed by atoms with Crippen LogP contribution in [-0.2, 0) is 11.3 Å². The molecule has 0 radical (unpaired) electrons. The van der Waals surface area contributed by atoms with Crippen LogP contribution in [-0.4, -0.2) is 30.4 Å². The highest BCUT2D eigenvalue weighted by Crippen LogP contribution is 2.27. The van der Waals surface area contributed by atoms with Crippen LogP contribution in [0.3, 0.4) is 0 Å². The Labute approximate surface area is 138 Å². The lowest BCUT2D eigenvalue weighted by Crippen LogP contribution is -2.38. The summed E-state index contributed by atoms with van der Waals surface area (Å²) in [5, 5.41) is 7.58. The van der Waals surface area contributed by atoms with E-state index in [0.717, 1.165) is 19.5 Å². The summed E-state index contributed by atoms with van der Waals surface area (Å²) in [5.41, 5.74) is 1.44. The SMILES string of the molecule is O=C(CC1CCCC1)NCC1CCN(Cc2ccsc2)CC1. The minimum atomic E-state index is 0.285. The molecule has 1 amide bonds. The Kier molecular flexibility index (Phi) is 5.90. The second-order valence-electron chi connectivity index (χ2n) is 7.01. The van der Waals surface area contributed by atoms with E-state index in [2.05, 4.69) is 27.0 Å². The summed E-state index contributed by atoms with van der Waals surface area (Å²) in [4.78, 5) is 14.5. The van der Waals surface area contributed by atoms with Crippen molar-refractivity contribution in [2.45, 2.75) is 51.5 Å². The molecule has 1 aromatic heterocycles. The summed E-state index contributed by atoms with van der Waals surface area (Å²) in [7, 11) is 0. The zero-order valence-corrected chi connectivity index (χ0v) is 14.2. The molecule has 1 saturated heterocycles. The van der Waals surface area contributed by atoms with Gasteiger partial charge >= 0.3 is 0 Å². The summed E-state index contributed by atoms with van der Waals surface area (Å²) < 4.78 is 0. The van der Waals surface area contributed by atoms with E-state index in [-0.39, 0.29) is 5.91 Å². The van der Waals surface area contributed by atoms with Crippen molar-refractivity contribution in [3.8, 4) is 0 Å². The van der Waals surface area contributed by atoms with E-state index in [1.165, 1.54) is 57.2 Å². The first-order valence-corrected chi connectivity index (χ1v) is 9.74. The zero-order chi connectivity index (χ0) is 15.2. The van der Waals surface area contributed by atoms with Gasteiger partial charge in [0, 0.05) is 19.5 Å². The molecule has 0 aromatic carbocycles. The Morgan fingerprint density at radius 1 is 1.18 bits per heavy atom. The lowest BCUT2D eigenvalue weighted by Gasteiger charge is -2.31. The number of amides is 1. The quantitative estimate of drug-likeness (QED) is 0.867. The van der Waals surface area contributed by atoms with Gasteiger partial charge in [-0.3, -0.25) is 9.69 Å². The van der Waals surface area contributed by atoms with E-state index in [4.69, 9.17) is 0 Å². The van der Waals surface area contributed by atoms with Crippen molar-refractivity contribution in [2.75, 3.05) is 19.6 Å². The maximum absolute atomic E-state index is 12.0. The van der Waals surface area contributed by atoms with Crippen molar-refractivity contribution in [3.05, 3.63) is 22.4 Å². The molecule has 1 N–H and O–H groups in total. The molecule has 1 saturated carbocycles. The number of rotatable bonds is 6. The first kappa shape index (κ1) is 16.0. The number of hydrogen-bond acceptors (Lipinski definition) is 3. The Morgan fingerprint density at radius 2 is 1.95 bits per heavy atom. The molecular formula is C18H28N2OS. The summed E-state index contributed by atoms with van der Waals surface area (Å²) in [6, 6.07) is 2.22. The third-order valence-electron chi connectivity index (χ3n) is 5.23. The zero-order valence-electron chi connectivity index (χ0n) is 13.4. The van der Waals surface area contributed by atoms with Crippen molar-refractivity contribution in [3.63, 3.8) is 0 Å². The molecule has 22 heavy (non-hydrogen) atoms. The van der Waals surface area contributed by atoms with Gasteiger partial charge in [0.2, 0.25) is 5.91 Å². The van der Waals surface area contributed by atoms with Gasteiger partial charge in [-0.05, 0) is 73.0 Å².